The lowest BCUT2D eigenvalue weighted by atomic mass is 10.1. The Hall–Kier alpha value is -0.900. The summed E-state index contributed by atoms with van der Waals surface area (Å²) < 4.78 is 1.74. The molecule has 0 aromatic carbocycles. The first kappa shape index (κ1) is 9.19. The summed E-state index contributed by atoms with van der Waals surface area (Å²) in [5.74, 6) is 0.617. The van der Waals surface area contributed by atoms with Gasteiger partial charge in [0.15, 0.2) is 0 Å². The highest BCUT2D eigenvalue weighted by Crippen LogP contribution is 2.02. The molecule has 1 N–H and O–H groups in total. The van der Waals surface area contributed by atoms with Crippen LogP contribution in [-0.4, -0.2) is 28.6 Å². The number of aryl methyl sites for hydroxylation is 1. The number of hydrogen-bond acceptors (Lipinski definition) is 3. The van der Waals surface area contributed by atoms with Crippen molar-refractivity contribution < 1.29 is 0 Å². The molecule has 4 nitrogen and oxygen atoms in total. The zero-order valence-corrected chi connectivity index (χ0v) is 7.91. The summed E-state index contributed by atoms with van der Waals surface area (Å²) in [6.45, 7) is 3.22. The van der Waals surface area contributed by atoms with Crippen molar-refractivity contribution in [1.29, 1.82) is 0 Å². The van der Waals surface area contributed by atoms with Crippen LogP contribution < -0.4 is 5.32 Å². The van der Waals surface area contributed by atoms with Crippen molar-refractivity contribution in [1.82, 2.24) is 20.3 Å². The number of nitrogens with zero attached hydrogens (tertiary/aromatic N) is 3. The van der Waals surface area contributed by atoms with Gasteiger partial charge in [-0.25, -0.2) is 0 Å². The summed E-state index contributed by atoms with van der Waals surface area (Å²) in [4.78, 5) is 0. The molecule has 0 fully saturated rings. The Balaban J connectivity index is 2.41. The van der Waals surface area contributed by atoms with E-state index in [2.05, 4.69) is 22.6 Å². The molecule has 4 heteroatoms. The maximum absolute atomic E-state index is 4.02. The summed E-state index contributed by atoms with van der Waals surface area (Å²) in [5, 5.41) is 11.0. The van der Waals surface area contributed by atoms with Gasteiger partial charge in [-0.2, -0.15) is 0 Å². The summed E-state index contributed by atoms with van der Waals surface area (Å²) >= 11 is 0. The summed E-state index contributed by atoms with van der Waals surface area (Å²) in [6.07, 6.45) is 2.96. The van der Waals surface area contributed by atoms with Crippen molar-refractivity contribution in [2.24, 2.45) is 13.0 Å². The molecule has 0 saturated heterocycles. The van der Waals surface area contributed by atoms with Gasteiger partial charge < -0.3 is 5.32 Å². The third-order valence-electron chi connectivity index (χ3n) is 1.76. The Morgan fingerprint density at radius 1 is 1.67 bits per heavy atom. The second-order valence-electron chi connectivity index (χ2n) is 3.25. The molecular weight excluding hydrogens is 152 g/mol. The monoisotopic (exact) mass is 168 g/mol. The zero-order valence-electron chi connectivity index (χ0n) is 7.91. The van der Waals surface area contributed by atoms with E-state index in [4.69, 9.17) is 0 Å². The Morgan fingerprint density at radius 2 is 2.42 bits per heavy atom. The van der Waals surface area contributed by atoms with Gasteiger partial charge in [-0.15, -0.1) is 5.10 Å². The van der Waals surface area contributed by atoms with Crippen molar-refractivity contribution in [3.05, 3.63) is 11.9 Å². The van der Waals surface area contributed by atoms with Crippen LogP contribution in [0, 0.1) is 5.92 Å². The predicted molar refractivity (Wildman–Crippen MR) is 47.8 cm³/mol. The molecule has 1 heterocycles. The fourth-order valence-corrected chi connectivity index (χ4v) is 1.27. The molecule has 1 atom stereocenters. The van der Waals surface area contributed by atoms with Gasteiger partial charge in [-0.05, 0) is 25.9 Å². The van der Waals surface area contributed by atoms with Gasteiger partial charge in [-0.1, -0.05) is 12.1 Å². The Labute approximate surface area is 73.0 Å². The molecule has 0 aliphatic rings. The number of nitrogens with one attached hydrogen (secondary N) is 1. The van der Waals surface area contributed by atoms with Crippen LogP contribution in [0.15, 0.2) is 6.20 Å². The minimum atomic E-state index is 0.617. The first-order valence-electron chi connectivity index (χ1n) is 4.22. The number of aromatic nitrogens is 3. The highest BCUT2D eigenvalue weighted by molar-refractivity contribution is 4.93. The molecule has 0 aliphatic heterocycles. The molecule has 1 unspecified atom stereocenters. The smallest absolute Gasteiger partial charge is 0.0830 e. The fraction of sp³-hybridized carbons (Fsp3) is 0.750. The van der Waals surface area contributed by atoms with Crippen LogP contribution in [0.1, 0.15) is 12.6 Å². The first-order valence-corrected chi connectivity index (χ1v) is 4.22. The molecule has 0 radical (unpaired) electrons. The first-order chi connectivity index (χ1) is 5.72. The SMILES string of the molecule is CNCC(C)Cc1cn(C)nn1. The van der Waals surface area contributed by atoms with Crippen molar-refractivity contribution in [3.63, 3.8) is 0 Å². The van der Waals surface area contributed by atoms with E-state index >= 15 is 0 Å². The van der Waals surface area contributed by atoms with E-state index in [-0.39, 0.29) is 0 Å². The molecular formula is C8H16N4. The minimum absolute atomic E-state index is 0.617. The van der Waals surface area contributed by atoms with Crippen molar-refractivity contribution in [2.45, 2.75) is 13.3 Å². The third kappa shape index (κ3) is 2.62. The zero-order chi connectivity index (χ0) is 8.97. The fourth-order valence-electron chi connectivity index (χ4n) is 1.27. The van der Waals surface area contributed by atoms with Crippen LogP contribution in [-0.2, 0) is 13.5 Å². The lowest BCUT2D eigenvalue weighted by molar-refractivity contribution is 0.535. The molecule has 1 aromatic heterocycles. The predicted octanol–water partition coefficient (Wildman–Crippen LogP) is 0.213. The van der Waals surface area contributed by atoms with Gasteiger partial charge in [-0.3, -0.25) is 4.68 Å². The standard InChI is InChI=1S/C8H16N4/c1-7(5-9-2)4-8-6-12(3)11-10-8/h6-7,9H,4-5H2,1-3H3. The van der Waals surface area contributed by atoms with Crippen molar-refractivity contribution >= 4 is 0 Å². The van der Waals surface area contributed by atoms with Crippen LogP contribution in [0.4, 0.5) is 0 Å². The highest BCUT2D eigenvalue weighted by atomic mass is 15.4. The van der Waals surface area contributed by atoms with Gasteiger partial charge in [0.2, 0.25) is 0 Å². The van der Waals surface area contributed by atoms with E-state index < -0.39 is 0 Å². The number of rotatable bonds is 4. The van der Waals surface area contributed by atoms with Gasteiger partial charge in [0.05, 0.1) is 5.69 Å². The minimum Gasteiger partial charge on any atom is -0.319 e. The lowest BCUT2D eigenvalue weighted by Crippen LogP contribution is -2.18. The van der Waals surface area contributed by atoms with E-state index in [0.717, 1.165) is 18.7 Å². The molecule has 0 aliphatic carbocycles. The summed E-state index contributed by atoms with van der Waals surface area (Å²) in [7, 11) is 3.85. The normalized spacial score (nSPS) is 13.2. The van der Waals surface area contributed by atoms with E-state index in [1.807, 2.05) is 20.3 Å². The molecule has 0 spiro atoms. The van der Waals surface area contributed by atoms with Gasteiger partial charge in [0.25, 0.3) is 0 Å². The molecule has 68 valence electrons. The van der Waals surface area contributed by atoms with Gasteiger partial charge in [0, 0.05) is 13.2 Å². The van der Waals surface area contributed by atoms with Crippen LogP contribution in [0.25, 0.3) is 0 Å². The van der Waals surface area contributed by atoms with Crippen LogP contribution in [0.3, 0.4) is 0 Å². The maximum Gasteiger partial charge on any atom is 0.0830 e. The van der Waals surface area contributed by atoms with E-state index in [9.17, 15) is 0 Å². The Bertz CT molecular complexity index is 231. The molecule has 1 aromatic rings. The van der Waals surface area contributed by atoms with E-state index in [1.165, 1.54) is 0 Å². The average Bonchev–Trinajstić information content (AvgIpc) is 2.36. The molecule has 0 amide bonds. The van der Waals surface area contributed by atoms with Gasteiger partial charge in [0.1, 0.15) is 0 Å². The molecule has 0 bridgehead atoms. The largest absolute Gasteiger partial charge is 0.319 e. The average molecular weight is 168 g/mol. The van der Waals surface area contributed by atoms with Crippen molar-refractivity contribution in [3.8, 4) is 0 Å². The van der Waals surface area contributed by atoms with Crippen LogP contribution >= 0.6 is 0 Å². The van der Waals surface area contributed by atoms with E-state index in [1.54, 1.807) is 4.68 Å². The maximum atomic E-state index is 4.02. The summed E-state index contributed by atoms with van der Waals surface area (Å²) in [5.41, 5.74) is 1.07. The quantitative estimate of drug-likeness (QED) is 0.699. The Kier molecular flexibility index (Phi) is 3.22. The summed E-state index contributed by atoms with van der Waals surface area (Å²) in [6, 6.07) is 0. The van der Waals surface area contributed by atoms with Crippen LogP contribution in [0.5, 0.6) is 0 Å². The number of hydrogen-bond donors (Lipinski definition) is 1. The van der Waals surface area contributed by atoms with E-state index in [0.29, 0.717) is 5.92 Å². The lowest BCUT2D eigenvalue weighted by Gasteiger charge is -2.06. The Morgan fingerprint density at radius 3 is 2.92 bits per heavy atom. The van der Waals surface area contributed by atoms with Crippen molar-refractivity contribution in [2.75, 3.05) is 13.6 Å². The third-order valence-corrected chi connectivity index (χ3v) is 1.76. The molecule has 1 rings (SSSR count). The highest BCUT2D eigenvalue weighted by Gasteiger charge is 2.04. The van der Waals surface area contributed by atoms with Crippen LogP contribution in [0.2, 0.25) is 0 Å². The van der Waals surface area contributed by atoms with Gasteiger partial charge >= 0.3 is 0 Å². The second kappa shape index (κ2) is 4.21. The topological polar surface area (TPSA) is 42.7 Å². The second-order valence-corrected chi connectivity index (χ2v) is 3.25. The molecule has 0 saturated carbocycles. The molecule has 12 heavy (non-hydrogen) atoms.